The van der Waals surface area contributed by atoms with Crippen molar-refractivity contribution in [3.05, 3.63) is 89.1 Å². The molecule has 0 aliphatic carbocycles. The topological polar surface area (TPSA) is 71.1 Å². The summed E-state index contributed by atoms with van der Waals surface area (Å²) < 4.78 is 13.0. The van der Waals surface area contributed by atoms with E-state index in [1.165, 1.54) is 35.6 Å². The van der Waals surface area contributed by atoms with Gasteiger partial charge in [0, 0.05) is 5.39 Å². The highest BCUT2D eigenvalue weighted by Crippen LogP contribution is 2.27. The van der Waals surface area contributed by atoms with Gasteiger partial charge in [-0.05, 0) is 41.3 Å². The van der Waals surface area contributed by atoms with Crippen molar-refractivity contribution in [3.63, 3.8) is 0 Å². The van der Waals surface area contributed by atoms with Crippen LogP contribution in [0.2, 0.25) is 0 Å². The molecule has 0 aliphatic rings. The van der Waals surface area contributed by atoms with Gasteiger partial charge < -0.3 is 0 Å². The molecule has 0 aliphatic heterocycles. The minimum Gasteiger partial charge on any atom is -0.273 e. The molecule has 0 fully saturated rings. The van der Waals surface area contributed by atoms with E-state index in [2.05, 4.69) is 15.8 Å². The molecule has 29 heavy (non-hydrogen) atoms. The lowest BCUT2D eigenvalue weighted by Gasteiger charge is -2.11. The van der Waals surface area contributed by atoms with E-state index in [4.69, 9.17) is 0 Å². The van der Waals surface area contributed by atoms with Gasteiger partial charge >= 0.3 is 0 Å². The number of benzene rings is 2. The van der Waals surface area contributed by atoms with E-state index >= 15 is 0 Å². The molecular weight excluding hydrogens is 389 g/mol. The molecule has 2 aromatic heterocycles. The summed E-state index contributed by atoms with van der Waals surface area (Å²) in [5.74, 6) is -1.20. The van der Waals surface area contributed by atoms with E-state index in [9.17, 15) is 14.0 Å². The van der Waals surface area contributed by atoms with Gasteiger partial charge in [0.25, 0.3) is 5.91 Å². The van der Waals surface area contributed by atoms with Crippen molar-refractivity contribution in [2.75, 3.05) is 0 Å². The Balaban J connectivity index is 1.53. The fourth-order valence-electron chi connectivity index (χ4n) is 2.94. The van der Waals surface area contributed by atoms with E-state index < -0.39 is 11.8 Å². The van der Waals surface area contributed by atoms with Crippen molar-refractivity contribution in [1.82, 2.24) is 15.8 Å². The Kier molecular flexibility index (Phi) is 5.31. The van der Waals surface area contributed by atoms with Gasteiger partial charge in [0.2, 0.25) is 5.91 Å². The Bertz CT molecular complexity index is 1170. The minimum absolute atomic E-state index is 0.0259. The number of halogens is 1. The van der Waals surface area contributed by atoms with Gasteiger partial charge in [0.05, 0.1) is 28.1 Å². The van der Waals surface area contributed by atoms with Crippen LogP contribution in [0.1, 0.15) is 15.9 Å². The molecule has 7 heteroatoms. The van der Waals surface area contributed by atoms with Crippen LogP contribution < -0.4 is 10.9 Å². The first-order valence-electron chi connectivity index (χ1n) is 8.87. The molecule has 2 aromatic carbocycles. The Morgan fingerprint density at radius 1 is 0.966 bits per heavy atom. The molecular formula is C22H16FN3O2S. The molecule has 0 atom stereocenters. The van der Waals surface area contributed by atoms with Crippen molar-refractivity contribution >= 4 is 34.1 Å². The molecule has 0 radical (unpaired) electrons. The summed E-state index contributed by atoms with van der Waals surface area (Å²) in [6, 6.07) is 18.6. The third kappa shape index (κ3) is 4.30. The fraction of sp³-hybridized carbons (Fsp3) is 0.0455. The molecule has 4 aromatic rings. The van der Waals surface area contributed by atoms with Crippen LogP contribution in [-0.2, 0) is 11.2 Å². The van der Waals surface area contributed by atoms with E-state index in [0.29, 0.717) is 27.7 Å². The van der Waals surface area contributed by atoms with E-state index in [0.717, 1.165) is 4.88 Å². The van der Waals surface area contributed by atoms with Crippen LogP contribution >= 0.6 is 11.3 Å². The van der Waals surface area contributed by atoms with Crippen molar-refractivity contribution in [1.29, 1.82) is 0 Å². The minimum atomic E-state index is -0.436. The maximum absolute atomic E-state index is 13.0. The number of hydrazine groups is 1. The monoisotopic (exact) mass is 405 g/mol. The van der Waals surface area contributed by atoms with Crippen LogP contribution in [0.4, 0.5) is 4.39 Å². The van der Waals surface area contributed by atoms with Crippen LogP contribution in [0.3, 0.4) is 0 Å². The summed E-state index contributed by atoms with van der Waals surface area (Å²) >= 11 is 1.53. The number of para-hydroxylation sites is 1. The zero-order valence-corrected chi connectivity index (χ0v) is 16.0. The maximum Gasteiger partial charge on any atom is 0.270 e. The number of carbonyl (C=O) groups excluding carboxylic acids is 2. The Morgan fingerprint density at radius 2 is 1.76 bits per heavy atom. The predicted octanol–water partition coefficient (Wildman–Crippen LogP) is 4.11. The smallest absolute Gasteiger partial charge is 0.270 e. The second kappa shape index (κ2) is 8.20. The van der Waals surface area contributed by atoms with Gasteiger partial charge in [0.15, 0.2) is 0 Å². The average Bonchev–Trinajstić information content (AvgIpc) is 3.28. The number of hydrogen-bond donors (Lipinski definition) is 2. The lowest BCUT2D eigenvalue weighted by atomic mass is 10.1. The van der Waals surface area contributed by atoms with Crippen LogP contribution in [0, 0.1) is 5.82 Å². The fourth-order valence-corrected chi connectivity index (χ4v) is 3.63. The summed E-state index contributed by atoms with van der Waals surface area (Å²) in [6.07, 6.45) is 0.0259. The molecule has 2 heterocycles. The van der Waals surface area contributed by atoms with Crippen molar-refractivity contribution in [2.45, 2.75) is 6.42 Å². The maximum atomic E-state index is 13.0. The summed E-state index contributed by atoms with van der Waals surface area (Å²) in [4.78, 5) is 30.5. The number of fused-ring (bicyclic) bond motifs is 1. The number of nitrogens with zero attached hydrogens (tertiary/aromatic N) is 1. The van der Waals surface area contributed by atoms with Gasteiger partial charge in [-0.1, -0.05) is 36.4 Å². The number of carbonyl (C=O) groups is 2. The van der Waals surface area contributed by atoms with Crippen LogP contribution in [0.25, 0.3) is 21.5 Å². The molecule has 2 amide bonds. The van der Waals surface area contributed by atoms with E-state index in [-0.39, 0.29) is 12.2 Å². The third-order valence-electron chi connectivity index (χ3n) is 4.33. The van der Waals surface area contributed by atoms with Crippen LogP contribution in [0.5, 0.6) is 0 Å². The highest BCUT2D eigenvalue weighted by molar-refractivity contribution is 7.13. The van der Waals surface area contributed by atoms with Gasteiger partial charge in [0.1, 0.15) is 5.82 Å². The van der Waals surface area contributed by atoms with Gasteiger partial charge in [-0.15, -0.1) is 11.3 Å². The zero-order valence-electron chi connectivity index (χ0n) is 15.2. The Morgan fingerprint density at radius 3 is 2.52 bits per heavy atom. The first-order chi connectivity index (χ1) is 14.1. The molecule has 4 rings (SSSR count). The van der Waals surface area contributed by atoms with E-state index in [1.807, 2.05) is 41.8 Å². The first kappa shape index (κ1) is 18.8. The molecule has 0 saturated heterocycles. The van der Waals surface area contributed by atoms with Crippen molar-refractivity contribution in [2.24, 2.45) is 0 Å². The standard InChI is InChI=1S/C22H16FN3O2S/c23-15-9-7-14(8-10-15)12-21(27)25-26-22(28)17-13-19(20-6-3-11-29-20)24-18-5-2-1-4-16(17)18/h1-11,13H,12H2,(H,25,27)(H,26,28). The summed E-state index contributed by atoms with van der Waals surface area (Å²) in [5, 5.41) is 2.64. The third-order valence-corrected chi connectivity index (χ3v) is 5.22. The van der Waals surface area contributed by atoms with Crippen LogP contribution in [-0.4, -0.2) is 16.8 Å². The summed E-state index contributed by atoms with van der Waals surface area (Å²) in [5.41, 5.74) is 7.33. The van der Waals surface area contributed by atoms with Crippen LogP contribution in [0.15, 0.2) is 72.1 Å². The predicted molar refractivity (Wildman–Crippen MR) is 111 cm³/mol. The van der Waals surface area contributed by atoms with Crippen molar-refractivity contribution in [3.8, 4) is 10.6 Å². The summed E-state index contributed by atoms with van der Waals surface area (Å²) in [6.45, 7) is 0. The highest BCUT2D eigenvalue weighted by atomic mass is 32.1. The number of aromatic nitrogens is 1. The number of hydrogen-bond acceptors (Lipinski definition) is 4. The summed E-state index contributed by atoms with van der Waals surface area (Å²) in [7, 11) is 0. The highest BCUT2D eigenvalue weighted by Gasteiger charge is 2.15. The number of thiophene rings is 1. The second-order valence-corrected chi connectivity index (χ2v) is 7.30. The number of nitrogens with one attached hydrogen (secondary N) is 2. The molecule has 2 N–H and O–H groups in total. The molecule has 144 valence electrons. The second-order valence-electron chi connectivity index (χ2n) is 6.36. The van der Waals surface area contributed by atoms with Crippen molar-refractivity contribution < 1.29 is 14.0 Å². The van der Waals surface area contributed by atoms with Gasteiger partial charge in [-0.2, -0.15) is 0 Å². The average molecular weight is 405 g/mol. The van der Waals surface area contributed by atoms with E-state index in [1.54, 1.807) is 6.07 Å². The normalized spacial score (nSPS) is 10.7. The molecule has 5 nitrogen and oxygen atoms in total. The Hall–Kier alpha value is -3.58. The molecule has 0 unspecified atom stereocenters. The number of rotatable bonds is 4. The van der Waals surface area contributed by atoms with Gasteiger partial charge in [-0.3, -0.25) is 20.4 Å². The zero-order chi connectivity index (χ0) is 20.2. The number of amides is 2. The lowest BCUT2D eigenvalue weighted by molar-refractivity contribution is -0.121. The SMILES string of the molecule is O=C(Cc1ccc(F)cc1)NNC(=O)c1cc(-c2cccs2)nc2ccccc12. The first-order valence-corrected chi connectivity index (χ1v) is 9.75. The largest absolute Gasteiger partial charge is 0.273 e. The molecule has 0 bridgehead atoms. The lowest BCUT2D eigenvalue weighted by Crippen LogP contribution is -2.42. The Labute approximate surface area is 170 Å². The molecule has 0 saturated carbocycles. The number of pyridine rings is 1. The molecule has 0 spiro atoms. The van der Waals surface area contributed by atoms with Gasteiger partial charge in [-0.25, -0.2) is 9.37 Å². The quantitative estimate of drug-likeness (QED) is 0.502.